The van der Waals surface area contributed by atoms with Gasteiger partial charge in [-0.1, -0.05) is 0 Å². The molecule has 0 atom stereocenters. The van der Waals surface area contributed by atoms with Crippen LogP contribution in [-0.2, 0) is 24.0 Å². The van der Waals surface area contributed by atoms with Crippen molar-refractivity contribution in [1.29, 1.82) is 0 Å². The van der Waals surface area contributed by atoms with Gasteiger partial charge in [-0.2, -0.15) is 13.2 Å². The minimum atomic E-state index is -4.66. The number of rotatable bonds is 1. The van der Waals surface area contributed by atoms with Crippen molar-refractivity contribution in [1.82, 2.24) is 14.5 Å². The Kier molecular flexibility index (Phi) is 4.16. The van der Waals surface area contributed by atoms with E-state index in [9.17, 15) is 22.8 Å². The first-order chi connectivity index (χ1) is 10.4. The van der Waals surface area contributed by atoms with E-state index in [0.29, 0.717) is 0 Å². The topological polar surface area (TPSA) is 64.4 Å². The van der Waals surface area contributed by atoms with Crippen LogP contribution in [0.3, 0.4) is 0 Å². The molecule has 0 spiro atoms. The van der Waals surface area contributed by atoms with Crippen LogP contribution in [0.4, 0.5) is 18.0 Å². The number of ketones is 1. The maximum absolute atomic E-state index is 13.0. The fraction of sp³-hybridized carbons (Fsp3) is 0.643. The SMILES string of the molecule is CC(=O)c1nc(C(F)(F)F)n2c1CN(C(=O)OC(C)(C)C)CC2. The van der Waals surface area contributed by atoms with E-state index in [0.717, 1.165) is 11.5 Å². The Morgan fingerprint density at radius 2 is 1.78 bits per heavy atom. The van der Waals surface area contributed by atoms with Gasteiger partial charge in [0.05, 0.1) is 12.2 Å². The lowest BCUT2D eigenvalue weighted by Gasteiger charge is -2.31. The predicted octanol–water partition coefficient (Wildman–Crippen LogP) is 2.86. The van der Waals surface area contributed by atoms with Crippen LogP contribution in [0.5, 0.6) is 0 Å². The molecule has 0 fully saturated rings. The number of amides is 1. The van der Waals surface area contributed by atoms with E-state index in [1.54, 1.807) is 20.8 Å². The first-order valence-corrected chi connectivity index (χ1v) is 7.05. The zero-order chi connectivity index (χ0) is 17.6. The second-order valence-corrected chi connectivity index (χ2v) is 6.34. The van der Waals surface area contributed by atoms with E-state index in [2.05, 4.69) is 4.98 Å². The molecule has 0 bridgehead atoms. The molecular weight excluding hydrogens is 315 g/mol. The largest absolute Gasteiger partial charge is 0.449 e. The van der Waals surface area contributed by atoms with Gasteiger partial charge in [0, 0.05) is 20.0 Å². The number of ether oxygens (including phenoxy) is 1. The first-order valence-electron chi connectivity index (χ1n) is 7.05. The van der Waals surface area contributed by atoms with Crippen LogP contribution >= 0.6 is 0 Å². The summed E-state index contributed by atoms with van der Waals surface area (Å²) in [6, 6.07) is 0. The fourth-order valence-corrected chi connectivity index (χ4v) is 2.35. The van der Waals surface area contributed by atoms with Crippen LogP contribution in [0.15, 0.2) is 0 Å². The molecule has 0 saturated carbocycles. The molecule has 0 N–H and O–H groups in total. The van der Waals surface area contributed by atoms with Gasteiger partial charge in [0.15, 0.2) is 5.78 Å². The molecule has 0 aromatic carbocycles. The summed E-state index contributed by atoms with van der Waals surface area (Å²) in [6.45, 7) is 6.05. The molecule has 1 aromatic heterocycles. The third-order valence-corrected chi connectivity index (χ3v) is 3.25. The lowest BCUT2D eigenvalue weighted by Crippen LogP contribution is -2.42. The average molecular weight is 333 g/mol. The average Bonchev–Trinajstić information content (AvgIpc) is 2.74. The molecule has 0 aliphatic carbocycles. The molecular formula is C14H18F3N3O3. The van der Waals surface area contributed by atoms with Gasteiger partial charge in [0.25, 0.3) is 0 Å². The molecule has 6 nitrogen and oxygen atoms in total. The Morgan fingerprint density at radius 3 is 2.26 bits per heavy atom. The fourth-order valence-electron chi connectivity index (χ4n) is 2.35. The standard InChI is InChI=1S/C14H18F3N3O3/c1-8(21)10-9-7-19(12(22)23-13(2,3)4)5-6-20(9)11(18-10)14(15,16)17/h5-7H2,1-4H3. The minimum Gasteiger partial charge on any atom is -0.444 e. The number of Topliss-reactive ketones (excluding diaryl/α,β-unsaturated/α-hetero) is 1. The van der Waals surface area contributed by atoms with Crippen LogP contribution in [0.25, 0.3) is 0 Å². The summed E-state index contributed by atoms with van der Waals surface area (Å²) in [6.07, 6.45) is -5.29. The Hall–Kier alpha value is -2.06. The van der Waals surface area contributed by atoms with Crippen LogP contribution in [0, 0.1) is 0 Å². The van der Waals surface area contributed by atoms with Crippen molar-refractivity contribution in [2.45, 2.75) is 52.6 Å². The third-order valence-electron chi connectivity index (χ3n) is 3.25. The van der Waals surface area contributed by atoms with Crippen LogP contribution in [0.2, 0.25) is 0 Å². The van der Waals surface area contributed by atoms with Crippen molar-refractivity contribution in [3.8, 4) is 0 Å². The van der Waals surface area contributed by atoms with Crippen LogP contribution < -0.4 is 0 Å². The molecule has 1 aliphatic rings. The summed E-state index contributed by atoms with van der Waals surface area (Å²) in [5.41, 5.74) is -0.887. The Labute approximate surface area is 131 Å². The maximum Gasteiger partial charge on any atom is 0.449 e. The van der Waals surface area contributed by atoms with Gasteiger partial charge >= 0.3 is 12.3 Å². The van der Waals surface area contributed by atoms with Crippen molar-refractivity contribution < 1.29 is 27.5 Å². The van der Waals surface area contributed by atoms with E-state index in [4.69, 9.17) is 4.74 Å². The summed E-state index contributed by atoms with van der Waals surface area (Å²) in [5.74, 6) is -1.68. The van der Waals surface area contributed by atoms with Gasteiger partial charge in [-0.3, -0.25) is 4.79 Å². The molecule has 0 saturated heterocycles. The van der Waals surface area contributed by atoms with Crippen molar-refractivity contribution >= 4 is 11.9 Å². The predicted molar refractivity (Wildman–Crippen MR) is 73.9 cm³/mol. The molecule has 2 rings (SSSR count). The van der Waals surface area contributed by atoms with E-state index in [1.165, 1.54) is 4.90 Å². The number of carbonyl (C=O) groups is 2. The molecule has 0 unspecified atom stereocenters. The summed E-state index contributed by atoms with van der Waals surface area (Å²) >= 11 is 0. The van der Waals surface area contributed by atoms with Crippen molar-refractivity contribution in [2.24, 2.45) is 0 Å². The monoisotopic (exact) mass is 333 g/mol. The van der Waals surface area contributed by atoms with Gasteiger partial charge in [-0.05, 0) is 20.8 Å². The number of halogens is 3. The van der Waals surface area contributed by atoms with Crippen LogP contribution in [0.1, 0.15) is 49.7 Å². The highest BCUT2D eigenvalue weighted by Gasteiger charge is 2.41. The summed E-state index contributed by atoms with van der Waals surface area (Å²) in [4.78, 5) is 28.4. The van der Waals surface area contributed by atoms with E-state index < -0.39 is 29.5 Å². The highest BCUT2D eigenvalue weighted by Crippen LogP contribution is 2.32. The number of alkyl halides is 3. The van der Waals surface area contributed by atoms with Crippen molar-refractivity contribution in [2.75, 3.05) is 6.54 Å². The Bertz CT molecular complexity index is 644. The number of nitrogens with zero attached hydrogens (tertiary/aromatic N) is 3. The number of hydrogen-bond acceptors (Lipinski definition) is 4. The Morgan fingerprint density at radius 1 is 1.17 bits per heavy atom. The van der Waals surface area contributed by atoms with Crippen molar-refractivity contribution in [3.05, 3.63) is 17.2 Å². The number of aromatic nitrogens is 2. The molecule has 0 radical (unpaired) electrons. The highest BCUT2D eigenvalue weighted by molar-refractivity contribution is 5.93. The van der Waals surface area contributed by atoms with Gasteiger partial charge in [0.2, 0.25) is 5.82 Å². The van der Waals surface area contributed by atoms with E-state index >= 15 is 0 Å². The number of imidazole rings is 1. The van der Waals surface area contributed by atoms with Gasteiger partial charge in [0.1, 0.15) is 11.3 Å². The van der Waals surface area contributed by atoms with Gasteiger partial charge in [-0.25, -0.2) is 9.78 Å². The van der Waals surface area contributed by atoms with E-state index in [-0.39, 0.29) is 31.0 Å². The van der Waals surface area contributed by atoms with Gasteiger partial charge in [-0.15, -0.1) is 0 Å². The molecule has 1 amide bonds. The second kappa shape index (κ2) is 5.54. The zero-order valence-electron chi connectivity index (χ0n) is 13.3. The zero-order valence-corrected chi connectivity index (χ0v) is 13.3. The minimum absolute atomic E-state index is 0.0543. The molecule has 23 heavy (non-hydrogen) atoms. The number of hydrogen-bond donors (Lipinski definition) is 0. The molecule has 1 aliphatic heterocycles. The number of carbonyl (C=O) groups excluding carboxylic acids is 2. The summed E-state index contributed by atoms with van der Waals surface area (Å²) in [5, 5.41) is 0. The lowest BCUT2D eigenvalue weighted by molar-refractivity contribution is -0.147. The first kappa shape index (κ1) is 17.3. The third kappa shape index (κ3) is 3.65. The highest BCUT2D eigenvalue weighted by atomic mass is 19.4. The molecule has 128 valence electrons. The molecule has 1 aromatic rings. The van der Waals surface area contributed by atoms with Gasteiger partial charge < -0.3 is 14.2 Å². The smallest absolute Gasteiger partial charge is 0.444 e. The Balaban J connectivity index is 2.35. The quantitative estimate of drug-likeness (QED) is 0.741. The lowest BCUT2D eigenvalue weighted by atomic mass is 10.2. The molecule has 9 heteroatoms. The second-order valence-electron chi connectivity index (χ2n) is 6.34. The van der Waals surface area contributed by atoms with Crippen LogP contribution in [-0.4, -0.2) is 38.5 Å². The van der Waals surface area contributed by atoms with Crippen molar-refractivity contribution in [3.63, 3.8) is 0 Å². The summed E-state index contributed by atoms with van der Waals surface area (Å²) in [7, 11) is 0. The molecule has 2 heterocycles. The maximum atomic E-state index is 13.0. The number of fused-ring (bicyclic) bond motifs is 1. The van der Waals surface area contributed by atoms with E-state index in [1.807, 2.05) is 0 Å². The normalized spacial score (nSPS) is 15.3. The summed E-state index contributed by atoms with van der Waals surface area (Å²) < 4.78 is 45.3.